The molecule has 0 aliphatic carbocycles. The summed E-state index contributed by atoms with van der Waals surface area (Å²) in [5, 5.41) is 5.54. The van der Waals surface area contributed by atoms with E-state index in [4.69, 9.17) is 5.73 Å². The molecular formula is C17H16N4O2S. The molecule has 1 atom stereocenters. The molecule has 2 amide bonds. The molecule has 2 aromatic heterocycles. The van der Waals surface area contributed by atoms with E-state index in [0.717, 1.165) is 16.3 Å². The first kappa shape index (κ1) is 15.9. The number of benzene rings is 1. The van der Waals surface area contributed by atoms with Crippen LogP contribution in [0.1, 0.15) is 27.1 Å². The molecule has 3 aromatic rings. The number of nitrogens with two attached hydrogens (primary N) is 1. The Morgan fingerprint density at radius 1 is 1.29 bits per heavy atom. The Bertz CT molecular complexity index is 870. The summed E-state index contributed by atoms with van der Waals surface area (Å²) in [5.41, 5.74) is 8.03. The third kappa shape index (κ3) is 3.36. The summed E-state index contributed by atoms with van der Waals surface area (Å²) in [5.74, 6) is -1.02. The molecule has 7 heteroatoms. The molecule has 1 aromatic carbocycles. The summed E-state index contributed by atoms with van der Waals surface area (Å²) in [7, 11) is 0. The lowest BCUT2D eigenvalue weighted by atomic mass is 10.1. The van der Waals surface area contributed by atoms with Crippen LogP contribution in [0.4, 0.5) is 0 Å². The highest BCUT2D eigenvalue weighted by Gasteiger charge is 2.21. The normalized spacial score (nSPS) is 11.9. The quantitative estimate of drug-likeness (QED) is 0.665. The number of aromatic amines is 1. The van der Waals surface area contributed by atoms with Gasteiger partial charge in [0.05, 0.1) is 10.7 Å². The predicted molar refractivity (Wildman–Crippen MR) is 92.5 cm³/mol. The number of carbonyl (C=O) groups is 2. The molecule has 0 aliphatic heterocycles. The number of hydrogen-bond donors (Lipinski definition) is 3. The molecule has 0 saturated heterocycles. The minimum Gasteiger partial charge on any atom is -0.368 e. The molecule has 0 bridgehead atoms. The van der Waals surface area contributed by atoms with Gasteiger partial charge >= 0.3 is 0 Å². The highest BCUT2D eigenvalue weighted by atomic mass is 32.1. The van der Waals surface area contributed by atoms with E-state index >= 15 is 0 Å². The van der Waals surface area contributed by atoms with Gasteiger partial charge in [0.25, 0.3) is 5.91 Å². The van der Waals surface area contributed by atoms with E-state index in [1.165, 1.54) is 0 Å². The fraction of sp³-hybridized carbons (Fsp3) is 0.118. The number of rotatable bonds is 5. The molecular weight excluding hydrogens is 324 g/mol. The van der Waals surface area contributed by atoms with Crippen molar-refractivity contribution < 1.29 is 9.59 Å². The van der Waals surface area contributed by atoms with Gasteiger partial charge in [-0.2, -0.15) is 0 Å². The first-order valence-electron chi connectivity index (χ1n) is 7.30. The monoisotopic (exact) mass is 340 g/mol. The number of hydrogen-bond acceptors (Lipinski definition) is 4. The van der Waals surface area contributed by atoms with E-state index < -0.39 is 17.9 Å². The topological polar surface area (TPSA) is 101 Å². The second-order valence-electron chi connectivity index (χ2n) is 5.27. The van der Waals surface area contributed by atoms with Gasteiger partial charge in [0.1, 0.15) is 11.7 Å². The third-order valence-electron chi connectivity index (χ3n) is 3.54. The van der Waals surface area contributed by atoms with Gasteiger partial charge in [0.2, 0.25) is 5.91 Å². The highest BCUT2D eigenvalue weighted by molar-refractivity contribution is 7.09. The second-order valence-corrected chi connectivity index (χ2v) is 6.34. The number of H-pyrrole nitrogens is 1. The summed E-state index contributed by atoms with van der Waals surface area (Å²) in [6.45, 7) is 1.92. The summed E-state index contributed by atoms with van der Waals surface area (Å²) in [6, 6.07) is 9.71. The van der Waals surface area contributed by atoms with Crippen molar-refractivity contribution in [3.8, 4) is 11.3 Å². The maximum Gasteiger partial charge on any atom is 0.268 e. The van der Waals surface area contributed by atoms with Crippen molar-refractivity contribution in [3.63, 3.8) is 0 Å². The minimum atomic E-state index is -0.882. The predicted octanol–water partition coefficient (Wildman–Crippen LogP) is 2.40. The first-order chi connectivity index (χ1) is 11.5. The summed E-state index contributed by atoms with van der Waals surface area (Å²) >= 11 is 1.54. The number of nitrogens with one attached hydrogen (secondary N) is 2. The van der Waals surface area contributed by atoms with Crippen molar-refractivity contribution in [3.05, 3.63) is 64.2 Å². The lowest BCUT2D eigenvalue weighted by Crippen LogP contribution is -2.37. The van der Waals surface area contributed by atoms with Gasteiger partial charge < -0.3 is 16.0 Å². The Hall–Kier alpha value is -2.93. The van der Waals surface area contributed by atoms with E-state index in [0.29, 0.717) is 11.3 Å². The molecule has 0 radical (unpaired) electrons. The van der Waals surface area contributed by atoms with Gasteiger partial charge in [0, 0.05) is 17.1 Å². The first-order valence-corrected chi connectivity index (χ1v) is 8.18. The molecule has 0 saturated carbocycles. The van der Waals surface area contributed by atoms with Gasteiger partial charge in [-0.1, -0.05) is 30.3 Å². The van der Waals surface area contributed by atoms with Crippen molar-refractivity contribution in [2.24, 2.45) is 5.73 Å². The molecule has 0 unspecified atom stereocenters. The van der Waals surface area contributed by atoms with Crippen LogP contribution in [-0.2, 0) is 4.79 Å². The Morgan fingerprint density at radius 3 is 2.67 bits per heavy atom. The third-order valence-corrected chi connectivity index (χ3v) is 4.31. The highest BCUT2D eigenvalue weighted by Crippen LogP contribution is 2.22. The SMILES string of the molecule is Cc1nc(-c2c[nH]c(C(=O)N[C@H](C(N)=O)c3ccccc3)c2)cs1. The number of carbonyl (C=O) groups excluding carboxylic acids is 2. The maximum absolute atomic E-state index is 12.4. The molecule has 2 heterocycles. The van der Waals surface area contributed by atoms with E-state index in [2.05, 4.69) is 15.3 Å². The van der Waals surface area contributed by atoms with E-state index in [-0.39, 0.29) is 0 Å². The van der Waals surface area contributed by atoms with Gasteiger partial charge in [-0.3, -0.25) is 9.59 Å². The molecule has 3 rings (SSSR count). The zero-order valence-electron chi connectivity index (χ0n) is 12.9. The average molecular weight is 340 g/mol. The number of primary amides is 1. The molecule has 0 spiro atoms. The van der Waals surface area contributed by atoms with Gasteiger partial charge in [0.15, 0.2) is 0 Å². The van der Waals surface area contributed by atoms with Crippen molar-refractivity contribution in [2.45, 2.75) is 13.0 Å². The van der Waals surface area contributed by atoms with Crippen LogP contribution >= 0.6 is 11.3 Å². The molecule has 0 fully saturated rings. The number of aryl methyl sites for hydroxylation is 1. The number of amides is 2. The van der Waals surface area contributed by atoms with Crippen LogP contribution in [0.5, 0.6) is 0 Å². The van der Waals surface area contributed by atoms with Crippen LogP contribution in [0.2, 0.25) is 0 Å². The number of nitrogens with zero attached hydrogens (tertiary/aromatic N) is 1. The second kappa shape index (κ2) is 6.67. The van der Waals surface area contributed by atoms with E-state index in [9.17, 15) is 9.59 Å². The molecule has 122 valence electrons. The molecule has 24 heavy (non-hydrogen) atoms. The zero-order chi connectivity index (χ0) is 17.1. The number of thiazole rings is 1. The molecule has 6 nitrogen and oxygen atoms in total. The van der Waals surface area contributed by atoms with Crippen LogP contribution < -0.4 is 11.1 Å². The summed E-state index contributed by atoms with van der Waals surface area (Å²) in [4.78, 5) is 31.4. The van der Waals surface area contributed by atoms with E-state index in [1.54, 1.807) is 47.9 Å². The molecule has 0 aliphatic rings. The van der Waals surface area contributed by atoms with Crippen molar-refractivity contribution in [1.29, 1.82) is 0 Å². The smallest absolute Gasteiger partial charge is 0.268 e. The fourth-order valence-corrected chi connectivity index (χ4v) is 2.96. The van der Waals surface area contributed by atoms with Gasteiger partial charge in [-0.05, 0) is 18.6 Å². The summed E-state index contributed by atoms with van der Waals surface area (Å²) in [6.07, 6.45) is 1.71. The minimum absolute atomic E-state index is 0.345. The Kier molecular flexibility index (Phi) is 4.43. The fourth-order valence-electron chi connectivity index (χ4n) is 2.34. The van der Waals surface area contributed by atoms with Crippen molar-refractivity contribution in [1.82, 2.24) is 15.3 Å². The van der Waals surface area contributed by atoms with Crippen molar-refractivity contribution in [2.75, 3.05) is 0 Å². The van der Waals surface area contributed by atoms with Gasteiger partial charge in [-0.15, -0.1) is 11.3 Å². The summed E-state index contributed by atoms with van der Waals surface area (Å²) < 4.78 is 0. The Labute approximate surface area is 142 Å². The number of aromatic nitrogens is 2. The van der Waals surface area contributed by atoms with Crippen molar-refractivity contribution >= 4 is 23.2 Å². The lowest BCUT2D eigenvalue weighted by molar-refractivity contribution is -0.120. The Balaban J connectivity index is 1.79. The largest absolute Gasteiger partial charge is 0.368 e. The maximum atomic E-state index is 12.4. The average Bonchev–Trinajstić information content (AvgIpc) is 3.21. The van der Waals surface area contributed by atoms with Crippen LogP contribution in [0.3, 0.4) is 0 Å². The Morgan fingerprint density at radius 2 is 2.04 bits per heavy atom. The van der Waals surface area contributed by atoms with E-state index in [1.807, 2.05) is 18.4 Å². The standard InChI is InChI=1S/C17H16N4O2S/c1-10-20-14(9-24-10)12-7-13(19-8-12)17(23)21-15(16(18)22)11-5-3-2-4-6-11/h2-9,15,19H,1H3,(H2,18,22)(H,21,23)/t15-/m0/s1. The van der Waals surface area contributed by atoms with Gasteiger partial charge in [-0.25, -0.2) is 4.98 Å². The zero-order valence-corrected chi connectivity index (χ0v) is 13.8. The van der Waals surface area contributed by atoms with Crippen LogP contribution in [-0.4, -0.2) is 21.8 Å². The van der Waals surface area contributed by atoms with Crippen LogP contribution in [0, 0.1) is 6.92 Å². The lowest BCUT2D eigenvalue weighted by Gasteiger charge is -2.15. The van der Waals surface area contributed by atoms with Crippen LogP contribution in [0.15, 0.2) is 48.0 Å². The van der Waals surface area contributed by atoms with Crippen LogP contribution in [0.25, 0.3) is 11.3 Å². The molecule has 4 N–H and O–H groups in total.